The van der Waals surface area contributed by atoms with Gasteiger partial charge in [0.2, 0.25) is 17.9 Å². The van der Waals surface area contributed by atoms with Crippen molar-refractivity contribution in [1.29, 1.82) is 0 Å². The van der Waals surface area contributed by atoms with Crippen molar-refractivity contribution >= 4 is 11.9 Å². The Bertz CT molecular complexity index is 701. The minimum Gasteiger partial charge on any atom is -0.485 e. The summed E-state index contributed by atoms with van der Waals surface area (Å²) in [4.78, 5) is 15.1. The highest BCUT2D eigenvalue weighted by Crippen LogP contribution is 2.31. The molecule has 1 atom stereocenters. The molecule has 2 aromatic rings. The standard InChI is InChI=1S/C12H9F3N4O3/c13-12(14,15)10-17-11(19-18-10)16-9(20)8-5-21-6-3-1-2-4-7(6)22-8/h1-4,8H,5H2,(H2,16,17,18,19,20). The molecular weight excluding hydrogens is 305 g/mol. The fourth-order valence-electron chi connectivity index (χ4n) is 1.78. The van der Waals surface area contributed by atoms with Crippen LogP contribution in [0, 0.1) is 0 Å². The van der Waals surface area contributed by atoms with Crippen LogP contribution in [0.3, 0.4) is 0 Å². The number of alkyl halides is 3. The average Bonchev–Trinajstić information content (AvgIpc) is 2.95. The Morgan fingerprint density at radius 2 is 2.05 bits per heavy atom. The molecule has 1 aliphatic heterocycles. The molecule has 116 valence electrons. The number of ether oxygens (including phenoxy) is 2. The lowest BCUT2D eigenvalue weighted by molar-refractivity contribution is -0.144. The Balaban J connectivity index is 1.67. The number of hydrogen-bond acceptors (Lipinski definition) is 5. The molecule has 1 aromatic carbocycles. The summed E-state index contributed by atoms with van der Waals surface area (Å²) in [5.41, 5.74) is 0. The zero-order chi connectivity index (χ0) is 15.7. The minimum atomic E-state index is -4.67. The first-order valence-corrected chi connectivity index (χ1v) is 6.12. The van der Waals surface area contributed by atoms with Gasteiger partial charge in [-0.15, -0.1) is 5.10 Å². The van der Waals surface area contributed by atoms with E-state index >= 15 is 0 Å². The molecule has 0 fully saturated rings. The van der Waals surface area contributed by atoms with Gasteiger partial charge in [-0.25, -0.2) is 0 Å². The van der Waals surface area contributed by atoms with Crippen LogP contribution in [0.2, 0.25) is 0 Å². The van der Waals surface area contributed by atoms with Crippen molar-refractivity contribution in [3.05, 3.63) is 30.1 Å². The van der Waals surface area contributed by atoms with Crippen LogP contribution in [0.1, 0.15) is 5.82 Å². The Morgan fingerprint density at radius 3 is 2.73 bits per heavy atom. The second-order valence-corrected chi connectivity index (χ2v) is 4.36. The highest BCUT2D eigenvalue weighted by atomic mass is 19.4. The van der Waals surface area contributed by atoms with Crippen LogP contribution >= 0.6 is 0 Å². The van der Waals surface area contributed by atoms with Gasteiger partial charge in [0.05, 0.1) is 0 Å². The van der Waals surface area contributed by atoms with Gasteiger partial charge in [0.15, 0.2) is 11.5 Å². The van der Waals surface area contributed by atoms with Crippen LogP contribution in [-0.4, -0.2) is 33.8 Å². The topological polar surface area (TPSA) is 89.1 Å². The van der Waals surface area contributed by atoms with Crippen molar-refractivity contribution in [1.82, 2.24) is 15.2 Å². The lowest BCUT2D eigenvalue weighted by Gasteiger charge is -2.25. The van der Waals surface area contributed by atoms with Gasteiger partial charge >= 0.3 is 6.18 Å². The summed E-state index contributed by atoms with van der Waals surface area (Å²) in [5.74, 6) is -1.63. The van der Waals surface area contributed by atoms with Crippen molar-refractivity contribution in [3.8, 4) is 11.5 Å². The number of benzene rings is 1. The maximum absolute atomic E-state index is 12.4. The number of anilines is 1. The number of amides is 1. The molecule has 0 radical (unpaired) electrons. The molecule has 0 saturated heterocycles. The number of rotatable bonds is 2. The molecule has 7 nitrogen and oxygen atoms in total. The molecule has 0 saturated carbocycles. The number of H-pyrrole nitrogens is 1. The molecule has 10 heteroatoms. The molecule has 1 amide bonds. The predicted molar refractivity (Wildman–Crippen MR) is 66.4 cm³/mol. The SMILES string of the molecule is O=C(Nc1n[nH]c(C(F)(F)F)n1)C1COc2ccccc2O1. The first-order chi connectivity index (χ1) is 10.4. The Kier molecular flexibility index (Phi) is 3.35. The van der Waals surface area contributed by atoms with E-state index in [0.29, 0.717) is 11.5 Å². The quantitative estimate of drug-likeness (QED) is 0.879. The molecule has 22 heavy (non-hydrogen) atoms. The summed E-state index contributed by atoms with van der Waals surface area (Å²) in [7, 11) is 0. The number of carbonyl (C=O) groups excluding carboxylic acids is 1. The van der Waals surface area contributed by atoms with E-state index in [2.05, 4.69) is 15.4 Å². The van der Waals surface area contributed by atoms with E-state index in [4.69, 9.17) is 9.47 Å². The molecule has 2 N–H and O–H groups in total. The number of aromatic nitrogens is 3. The van der Waals surface area contributed by atoms with Crippen LogP contribution in [-0.2, 0) is 11.0 Å². The van der Waals surface area contributed by atoms with Gasteiger partial charge in [-0.3, -0.25) is 15.2 Å². The first-order valence-electron chi connectivity index (χ1n) is 6.12. The molecule has 2 heterocycles. The van der Waals surface area contributed by atoms with Crippen LogP contribution < -0.4 is 14.8 Å². The highest BCUT2D eigenvalue weighted by Gasteiger charge is 2.36. The largest absolute Gasteiger partial charge is 0.485 e. The van der Waals surface area contributed by atoms with E-state index in [1.807, 2.05) is 0 Å². The van der Waals surface area contributed by atoms with Gasteiger partial charge in [-0.05, 0) is 12.1 Å². The Morgan fingerprint density at radius 1 is 1.32 bits per heavy atom. The highest BCUT2D eigenvalue weighted by molar-refractivity contribution is 5.93. The molecule has 0 spiro atoms. The van der Waals surface area contributed by atoms with Crippen LogP contribution in [0.4, 0.5) is 19.1 Å². The predicted octanol–water partition coefficient (Wildman–Crippen LogP) is 1.60. The number of fused-ring (bicyclic) bond motifs is 1. The molecule has 0 bridgehead atoms. The van der Waals surface area contributed by atoms with E-state index < -0.39 is 30.0 Å². The maximum Gasteiger partial charge on any atom is 0.451 e. The number of aromatic amines is 1. The van der Waals surface area contributed by atoms with Gasteiger partial charge in [0.1, 0.15) is 6.61 Å². The number of halogens is 3. The van der Waals surface area contributed by atoms with Crippen LogP contribution in [0.5, 0.6) is 11.5 Å². The fourth-order valence-corrected chi connectivity index (χ4v) is 1.78. The lowest BCUT2D eigenvalue weighted by atomic mass is 10.2. The van der Waals surface area contributed by atoms with Crippen LogP contribution in [0.15, 0.2) is 24.3 Å². The zero-order valence-corrected chi connectivity index (χ0v) is 10.8. The third-order valence-electron chi connectivity index (χ3n) is 2.79. The van der Waals surface area contributed by atoms with Crippen molar-refractivity contribution in [3.63, 3.8) is 0 Å². The number of carbonyl (C=O) groups is 1. The van der Waals surface area contributed by atoms with Gasteiger partial charge < -0.3 is 9.47 Å². The Labute approximate surface area is 121 Å². The summed E-state index contributed by atoms with van der Waals surface area (Å²) >= 11 is 0. The van der Waals surface area contributed by atoms with Gasteiger partial charge in [0.25, 0.3) is 5.91 Å². The normalized spacial score (nSPS) is 17.1. The number of nitrogens with zero attached hydrogens (tertiary/aromatic N) is 2. The zero-order valence-electron chi connectivity index (χ0n) is 10.8. The summed E-state index contributed by atoms with van der Waals surface area (Å²) in [6.45, 7) is -0.0700. The number of nitrogens with one attached hydrogen (secondary N) is 2. The molecule has 1 aliphatic rings. The average molecular weight is 314 g/mol. The fraction of sp³-hybridized carbons (Fsp3) is 0.250. The summed E-state index contributed by atoms with van der Waals surface area (Å²) in [6, 6.07) is 6.74. The van der Waals surface area contributed by atoms with E-state index in [1.165, 1.54) is 0 Å². The Hall–Kier alpha value is -2.78. The van der Waals surface area contributed by atoms with Gasteiger partial charge in [-0.2, -0.15) is 18.2 Å². The maximum atomic E-state index is 12.4. The number of para-hydroxylation sites is 2. The van der Waals surface area contributed by atoms with Crippen molar-refractivity contribution < 1.29 is 27.4 Å². The number of hydrogen-bond donors (Lipinski definition) is 2. The van der Waals surface area contributed by atoms with Crippen LogP contribution in [0.25, 0.3) is 0 Å². The smallest absolute Gasteiger partial charge is 0.451 e. The second kappa shape index (κ2) is 5.20. The minimum absolute atomic E-state index is 0.0700. The first kappa shape index (κ1) is 14.2. The van der Waals surface area contributed by atoms with E-state index in [0.717, 1.165) is 0 Å². The third kappa shape index (κ3) is 2.80. The van der Waals surface area contributed by atoms with E-state index in [-0.39, 0.29) is 6.61 Å². The van der Waals surface area contributed by atoms with E-state index in [1.54, 1.807) is 29.4 Å². The van der Waals surface area contributed by atoms with Crippen molar-refractivity contribution in [2.24, 2.45) is 0 Å². The third-order valence-corrected chi connectivity index (χ3v) is 2.79. The summed E-state index contributed by atoms with van der Waals surface area (Å²) < 4.78 is 47.9. The summed E-state index contributed by atoms with van der Waals surface area (Å²) in [5, 5.41) is 7.11. The summed E-state index contributed by atoms with van der Waals surface area (Å²) in [6.07, 6.45) is -5.68. The van der Waals surface area contributed by atoms with Crippen molar-refractivity contribution in [2.45, 2.75) is 12.3 Å². The van der Waals surface area contributed by atoms with Gasteiger partial charge in [-0.1, -0.05) is 12.1 Å². The molecule has 1 aromatic heterocycles. The van der Waals surface area contributed by atoms with E-state index in [9.17, 15) is 18.0 Å². The molecular formula is C12H9F3N4O3. The van der Waals surface area contributed by atoms with Gasteiger partial charge in [0, 0.05) is 0 Å². The molecule has 3 rings (SSSR count). The second-order valence-electron chi connectivity index (χ2n) is 4.36. The monoisotopic (exact) mass is 314 g/mol. The lowest BCUT2D eigenvalue weighted by Crippen LogP contribution is -2.40. The molecule has 1 unspecified atom stereocenters. The molecule has 0 aliphatic carbocycles. The van der Waals surface area contributed by atoms with Crippen molar-refractivity contribution in [2.75, 3.05) is 11.9 Å².